The van der Waals surface area contributed by atoms with Crippen molar-refractivity contribution in [2.24, 2.45) is 5.92 Å². The number of carbonyl (C=O) groups is 1. The number of esters is 1. The summed E-state index contributed by atoms with van der Waals surface area (Å²) in [5, 5.41) is 8.64. The van der Waals surface area contributed by atoms with E-state index in [4.69, 9.17) is 5.11 Å². The van der Waals surface area contributed by atoms with Crippen molar-refractivity contribution in [3.05, 3.63) is 0 Å². The van der Waals surface area contributed by atoms with Crippen molar-refractivity contribution >= 4 is 5.97 Å². The molecule has 0 aromatic carbocycles. The number of aliphatic hydroxyl groups is 1. The molecule has 0 bridgehead atoms. The highest BCUT2D eigenvalue weighted by molar-refractivity contribution is 5.81. The Balaban J connectivity index is 2.80. The third-order valence-electron chi connectivity index (χ3n) is 2.25. The minimum atomic E-state index is -1.94. The molecule has 1 aliphatic heterocycles. The van der Waals surface area contributed by atoms with Crippen LogP contribution in [0.5, 0.6) is 0 Å². The molecule has 0 aliphatic carbocycles. The second-order valence-electron chi connectivity index (χ2n) is 2.99. The maximum Gasteiger partial charge on any atom is 0.344 e. The van der Waals surface area contributed by atoms with Crippen LogP contribution in [0.1, 0.15) is 13.8 Å². The van der Waals surface area contributed by atoms with Gasteiger partial charge in [-0.1, -0.05) is 6.92 Å². The molecule has 4 heteroatoms. The van der Waals surface area contributed by atoms with Gasteiger partial charge in [-0.3, -0.25) is 0 Å². The fourth-order valence-electron chi connectivity index (χ4n) is 1.09. The van der Waals surface area contributed by atoms with Gasteiger partial charge in [-0.15, -0.1) is 0 Å². The van der Waals surface area contributed by atoms with Crippen LogP contribution in [0.25, 0.3) is 0 Å². The lowest BCUT2D eigenvalue weighted by molar-refractivity contribution is -0.150. The Morgan fingerprint density at radius 2 is 2.36 bits per heavy atom. The van der Waals surface area contributed by atoms with Crippen LogP contribution in [0.3, 0.4) is 0 Å². The zero-order chi connectivity index (χ0) is 8.65. The van der Waals surface area contributed by atoms with Crippen molar-refractivity contribution in [1.29, 1.82) is 0 Å². The predicted molar refractivity (Wildman–Crippen MR) is 35.6 cm³/mol. The van der Waals surface area contributed by atoms with Gasteiger partial charge in [-0.05, 0) is 6.92 Å². The van der Waals surface area contributed by atoms with Crippen LogP contribution in [0.2, 0.25) is 0 Å². The number of halogens is 1. The molecule has 64 valence electrons. The summed E-state index contributed by atoms with van der Waals surface area (Å²) in [7, 11) is 0. The Morgan fingerprint density at radius 3 is 2.55 bits per heavy atom. The molecule has 0 saturated carbocycles. The summed E-state index contributed by atoms with van der Waals surface area (Å²) in [5.74, 6) is -1.44. The number of ether oxygens (including phenoxy) is 1. The monoisotopic (exact) mass is 162 g/mol. The van der Waals surface area contributed by atoms with Crippen molar-refractivity contribution in [2.75, 3.05) is 6.61 Å². The van der Waals surface area contributed by atoms with E-state index in [0.29, 0.717) is 0 Å². The number of hydrogen-bond acceptors (Lipinski definition) is 3. The summed E-state index contributed by atoms with van der Waals surface area (Å²) in [5.41, 5.74) is -1.94. The van der Waals surface area contributed by atoms with E-state index in [-0.39, 0.29) is 6.61 Å². The van der Waals surface area contributed by atoms with Crippen LogP contribution < -0.4 is 0 Å². The molecule has 1 saturated heterocycles. The normalized spacial score (nSPS) is 44.2. The summed E-state index contributed by atoms with van der Waals surface area (Å²) in [6.45, 7) is 2.41. The van der Waals surface area contributed by atoms with Gasteiger partial charge in [0.25, 0.3) is 0 Å². The minimum absolute atomic E-state index is 0.313. The first-order chi connectivity index (χ1) is 5.00. The number of aliphatic hydroxyl groups excluding tert-OH is 1. The smallest absolute Gasteiger partial charge is 0.344 e. The van der Waals surface area contributed by atoms with E-state index in [0.717, 1.165) is 0 Å². The largest absolute Gasteiger partial charge is 0.457 e. The predicted octanol–water partition coefficient (Wildman–Crippen LogP) is 0.268. The van der Waals surface area contributed by atoms with E-state index in [1.807, 2.05) is 0 Å². The average molecular weight is 162 g/mol. The lowest BCUT2D eigenvalue weighted by atomic mass is 9.91. The Bertz CT molecular complexity index is 179. The molecule has 1 aliphatic rings. The van der Waals surface area contributed by atoms with E-state index in [9.17, 15) is 9.18 Å². The zero-order valence-corrected chi connectivity index (χ0v) is 6.50. The molecule has 0 aromatic heterocycles. The van der Waals surface area contributed by atoms with Gasteiger partial charge in [0.15, 0.2) is 0 Å². The fraction of sp³-hybridized carbons (Fsp3) is 0.857. The molecule has 1 fully saturated rings. The zero-order valence-electron chi connectivity index (χ0n) is 6.50. The summed E-state index contributed by atoms with van der Waals surface area (Å²) >= 11 is 0. The Hall–Kier alpha value is -0.640. The quantitative estimate of drug-likeness (QED) is 0.563. The van der Waals surface area contributed by atoms with Crippen molar-refractivity contribution in [3.8, 4) is 0 Å². The first kappa shape index (κ1) is 8.46. The van der Waals surface area contributed by atoms with E-state index >= 15 is 0 Å². The highest BCUT2D eigenvalue weighted by atomic mass is 19.1. The lowest BCUT2D eigenvalue weighted by Crippen LogP contribution is -2.32. The van der Waals surface area contributed by atoms with Gasteiger partial charge in [0.1, 0.15) is 6.10 Å². The van der Waals surface area contributed by atoms with E-state index in [2.05, 4.69) is 4.74 Å². The third-order valence-corrected chi connectivity index (χ3v) is 2.25. The molecule has 1 unspecified atom stereocenters. The van der Waals surface area contributed by atoms with Crippen molar-refractivity contribution in [2.45, 2.75) is 25.6 Å². The SMILES string of the molecule is C[C@H]1[C@@H](CO)OC(=O)C1(C)F. The van der Waals surface area contributed by atoms with E-state index in [1.54, 1.807) is 6.92 Å². The van der Waals surface area contributed by atoms with Gasteiger partial charge in [0.05, 0.1) is 6.61 Å². The van der Waals surface area contributed by atoms with Gasteiger partial charge < -0.3 is 9.84 Å². The van der Waals surface area contributed by atoms with Crippen molar-refractivity contribution in [1.82, 2.24) is 0 Å². The molecule has 1 N–H and O–H groups in total. The molecule has 0 aromatic rings. The number of alkyl halides is 1. The van der Waals surface area contributed by atoms with E-state index < -0.39 is 23.7 Å². The highest BCUT2D eigenvalue weighted by Crippen LogP contribution is 2.34. The number of cyclic esters (lactones) is 1. The second kappa shape index (κ2) is 2.44. The fourth-order valence-corrected chi connectivity index (χ4v) is 1.09. The molecular formula is C7H11FO3. The van der Waals surface area contributed by atoms with Gasteiger partial charge >= 0.3 is 5.97 Å². The Morgan fingerprint density at radius 1 is 1.82 bits per heavy atom. The summed E-state index contributed by atoms with van der Waals surface area (Å²) in [6, 6.07) is 0. The number of carbonyl (C=O) groups excluding carboxylic acids is 1. The maximum atomic E-state index is 13.2. The van der Waals surface area contributed by atoms with Crippen LogP contribution in [0.15, 0.2) is 0 Å². The standard InChI is InChI=1S/C7H11FO3/c1-4-5(3-9)11-6(10)7(4,2)8/h4-5,9H,3H2,1-2H3/t4-,5+,7?/m0/s1. The summed E-state index contributed by atoms with van der Waals surface area (Å²) in [6.07, 6.45) is -0.683. The minimum Gasteiger partial charge on any atom is -0.457 e. The molecule has 3 atom stereocenters. The molecule has 1 heterocycles. The Labute approximate surface area is 64.2 Å². The average Bonchev–Trinajstić information content (AvgIpc) is 2.14. The van der Waals surface area contributed by atoms with Crippen LogP contribution in [0, 0.1) is 5.92 Å². The molecule has 11 heavy (non-hydrogen) atoms. The number of hydrogen-bond donors (Lipinski definition) is 1. The van der Waals surface area contributed by atoms with Gasteiger partial charge in [0.2, 0.25) is 5.67 Å². The molecule has 0 spiro atoms. The van der Waals surface area contributed by atoms with Gasteiger partial charge in [-0.2, -0.15) is 0 Å². The maximum absolute atomic E-state index is 13.2. The molecule has 1 rings (SSSR count). The molecule has 3 nitrogen and oxygen atoms in total. The van der Waals surface area contributed by atoms with Crippen LogP contribution in [-0.4, -0.2) is 29.5 Å². The first-order valence-electron chi connectivity index (χ1n) is 3.51. The summed E-state index contributed by atoms with van der Waals surface area (Å²) < 4.78 is 17.8. The van der Waals surface area contributed by atoms with Crippen molar-refractivity contribution in [3.63, 3.8) is 0 Å². The van der Waals surface area contributed by atoms with Gasteiger partial charge in [0, 0.05) is 5.92 Å². The topological polar surface area (TPSA) is 46.5 Å². The van der Waals surface area contributed by atoms with Crippen LogP contribution >= 0.6 is 0 Å². The number of rotatable bonds is 1. The highest BCUT2D eigenvalue weighted by Gasteiger charge is 2.52. The van der Waals surface area contributed by atoms with Gasteiger partial charge in [-0.25, -0.2) is 9.18 Å². The molecular weight excluding hydrogens is 151 g/mol. The van der Waals surface area contributed by atoms with Crippen LogP contribution in [-0.2, 0) is 9.53 Å². The Kier molecular flexibility index (Phi) is 1.88. The van der Waals surface area contributed by atoms with E-state index in [1.165, 1.54) is 6.92 Å². The lowest BCUT2D eigenvalue weighted by Gasteiger charge is -2.15. The van der Waals surface area contributed by atoms with Crippen LogP contribution in [0.4, 0.5) is 4.39 Å². The summed E-state index contributed by atoms with van der Waals surface area (Å²) in [4.78, 5) is 10.8. The van der Waals surface area contributed by atoms with Crippen molar-refractivity contribution < 1.29 is 19.0 Å². The molecule has 0 radical (unpaired) electrons. The second-order valence-corrected chi connectivity index (χ2v) is 2.99. The molecule has 0 amide bonds. The third kappa shape index (κ3) is 1.11. The first-order valence-corrected chi connectivity index (χ1v) is 3.51.